The van der Waals surface area contributed by atoms with Crippen LogP contribution in [0.2, 0.25) is 0 Å². The molecule has 0 saturated carbocycles. The summed E-state index contributed by atoms with van der Waals surface area (Å²) in [7, 11) is 0. The Morgan fingerprint density at radius 3 is 1.93 bits per heavy atom. The molecular formula is C44H29NS. The molecule has 9 rings (SSSR count). The smallest absolute Gasteiger partial charge is 0.0640 e. The van der Waals surface area contributed by atoms with Crippen molar-refractivity contribution in [2.24, 2.45) is 0 Å². The molecule has 9 aromatic rings. The van der Waals surface area contributed by atoms with E-state index in [1.807, 2.05) is 11.3 Å². The van der Waals surface area contributed by atoms with Gasteiger partial charge in [0.15, 0.2) is 0 Å². The molecule has 46 heavy (non-hydrogen) atoms. The molecule has 1 aromatic heterocycles. The van der Waals surface area contributed by atoms with Crippen LogP contribution >= 0.6 is 11.3 Å². The van der Waals surface area contributed by atoms with Gasteiger partial charge in [-0.3, -0.25) is 0 Å². The lowest BCUT2D eigenvalue weighted by atomic mass is 9.93. The van der Waals surface area contributed by atoms with E-state index in [-0.39, 0.29) is 0 Å². The molecule has 0 spiro atoms. The van der Waals surface area contributed by atoms with Crippen molar-refractivity contribution in [3.05, 3.63) is 176 Å². The van der Waals surface area contributed by atoms with Crippen molar-refractivity contribution >= 4 is 70.1 Å². The van der Waals surface area contributed by atoms with Gasteiger partial charge in [0.05, 0.1) is 16.1 Å². The third-order valence-corrected chi connectivity index (χ3v) is 10.2. The summed E-state index contributed by atoms with van der Waals surface area (Å²) in [5.74, 6) is 0. The van der Waals surface area contributed by atoms with E-state index >= 15 is 0 Å². The first kappa shape index (κ1) is 26.7. The van der Waals surface area contributed by atoms with E-state index in [9.17, 15) is 0 Å². The molecule has 0 fully saturated rings. The average Bonchev–Trinajstić information content (AvgIpc) is 3.51. The van der Waals surface area contributed by atoms with E-state index in [1.54, 1.807) is 0 Å². The summed E-state index contributed by atoms with van der Waals surface area (Å²) < 4.78 is 2.59. The summed E-state index contributed by atoms with van der Waals surface area (Å²) in [5.41, 5.74) is 8.30. The van der Waals surface area contributed by atoms with Crippen LogP contribution < -0.4 is 4.90 Å². The summed E-state index contributed by atoms with van der Waals surface area (Å²) in [5, 5.41) is 7.54. The highest BCUT2D eigenvalue weighted by molar-refractivity contribution is 7.26. The zero-order valence-corrected chi connectivity index (χ0v) is 25.9. The molecule has 0 atom stereocenters. The molecule has 1 nitrogen and oxygen atoms in total. The molecular weight excluding hydrogens is 575 g/mol. The van der Waals surface area contributed by atoms with Gasteiger partial charge in [-0.1, -0.05) is 140 Å². The number of benzene rings is 8. The quantitative estimate of drug-likeness (QED) is 0.189. The maximum absolute atomic E-state index is 2.49. The molecule has 0 radical (unpaired) electrons. The van der Waals surface area contributed by atoms with Gasteiger partial charge < -0.3 is 4.90 Å². The maximum Gasteiger partial charge on any atom is 0.0640 e. The highest BCUT2D eigenvalue weighted by Crippen LogP contribution is 2.49. The van der Waals surface area contributed by atoms with Crippen molar-refractivity contribution in [3.8, 4) is 22.3 Å². The summed E-state index contributed by atoms with van der Waals surface area (Å²) in [6.45, 7) is 0. The van der Waals surface area contributed by atoms with Gasteiger partial charge in [0.2, 0.25) is 0 Å². The van der Waals surface area contributed by atoms with Crippen LogP contribution in [0.5, 0.6) is 0 Å². The Morgan fingerprint density at radius 2 is 1.04 bits per heavy atom. The number of rotatable bonds is 5. The van der Waals surface area contributed by atoms with Crippen LogP contribution in [0.1, 0.15) is 0 Å². The standard InChI is InChI=1S/C44H29NS/c1-2-12-30(13-3-1)34-17-10-18-36(29-34)45(41-22-11-21-39-38-20-8-9-23-42(38)46-44(39)41)40-27-26-32-15-6-7-19-37(32)43(40)35-25-24-31-14-4-5-16-33(31)28-35/h1-29H. The van der Waals surface area contributed by atoms with Crippen LogP contribution in [-0.4, -0.2) is 0 Å². The zero-order valence-electron chi connectivity index (χ0n) is 25.1. The molecule has 216 valence electrons. The zero-order chi connectivity index (χ0) is 30.5. The third kappa shape index (κ3) is 4.46. The molecule has 0 aliphatic rings. The van der Waals surface area contributed by atoms with Crippen LogP contribution in [0, 0.1) is 0 Å². The fourth-order valence-corrected chi connectivity index (χ4v) is 8.07. The maximum atomic E-state index is 2.49. The monoisotopic (exact) mass is 603 g/mol. The highest BCUT2D eigenvalue weighted by atomic mass is 32.1. The summed E-state index contributed by atoms with van der Waals surface area (Å²) in [6, 6.07) is 64.0. The molecule has 8 aromatic carbocycles. The minimum Gasteiger partial charge on any atom is -0.308 e. The molecule has 0 aliphatic heterocycles. The summed E-state index contributed by atoms with van der Waals surface area (Å²) in [6.07, 6.45) is 0. The van der Waals surface area contributed by atoms with Gasteiger partial charge in [0.25, 0.3) is 0 Å². The van der Waals surface area contributed by atoms with Gasteiger partial charge in [0.1, 0.15) is 0 Å². The Hall–Kier alpha value is -5.70. The van der Waals surface area contributed by atoms with Gasteiger partial charge in [-0.05, 0) is 74.6 Å². The van der Waals surface area contributed by atoms with E-state index in [4.69, 9.17) is 0 Å². The largest absolute Gasteiger partial charge is 0.308 e. The lowest BCUT2D eigenvalue weighted by molar-refractivity contribution is 1.31. The van der Waals surface area contributed by atoms with E-state index in [2.05, 4.69) is 181 Å². The van der Waals surface area contributed by atoms with E-state index < -0.39 is 0 Å². The lowest BCUT2D eigenvalue weighted by Crippen LogP contribution is -2.12. The number of hydrogen-bond donors (Lipinski definition) is 0. The van der Waals surface area contributed by atoms with Gasteiger partial charge in [-0.15, -0.1) is 11.3 Å². The van der Waals surface area contributed by atoms with Crippen LogP contribution in [-0.2, 0) is 0 Å². The highest BCUT2D eigenvalue weighted by Gasteiger charge is 2.23. The Morgan fingerprint density at radius 1 is 0.370 bits per heavy atom. The van der Waals surface area contributed by atoms with Crippen LogP contribution in [0.25, 0.3) is 64.0 Å². The summed E-state index contributed by atoms with van der Waals surface area (Å²) in [4.78, 5) is 2.49. The number of nitrogens with zero attached hydrogens (tertiary/aromatic N) is 1. The fourth-order valence-electron chi connectivity index (χ4n) is 6.87. The van der Waals surface area contributed by atoms with Gasteiger partial charge >= 0.3 is 0 Å². The van der Waals surface area contributed by atoms with Crippen molar-refractivity contribution in [1.29, 1.82) is 0 Å². The minimum absolute atomic E-state index is 1.13. The van der Waals surface area contributed by atoms with Crippen molar-refractivity contribution in [2.45, 2.75) is 0 Å². The second kappa shape index (κ2) is 11.0. The molecule has 0 aliphatic carbocycles. The number of anilines is 3. The average molecular weight is 604 g/mol. The third-order valence-electron chi connectivity index (χ3n) is 9.02. The first-order chi connectivity index (χ1) is 22.8. The Bertz CT molecular complexity index is 2540. The van der Waals surface area contributed by atoms with Crippen molar-refractivity contribution in [2.75, 3.05) is 4.90 Å². The van der Waals surface area contributed by atoms with Crippen molar-refractivity contribution in [1.82, 2.24) is 0 Å². The molecule has 0 unspecified atom stereocenters. The SMILES string of the molecule is c1ccc(-c2cccc(N(c3ccc4ccccc4c3-c3ccc4ccccc4c3)c3cccc4c3sc3ccccc34)c2)cc1. The second-order valence-corrected chi connectivity index (χ2v) is 12.8. The molecule has 0 bridgehead atoms. The normalized spacial score (nSPS) is 11.5. The predicted molar refractivity (Wildman–Crippen MR) is 200 cm³/mol. The molecule has 2 heteroatoms. The summed E-state index contributed by atoms with van der Waals surface area (Å²) >= 11 is 1.87. The van der Waals surface area contributed by atoms with E-state index in [0.717, 1.165) is 11.4 Å². The topological polar surface area (TPSA) is 3.24 Å². The van der Waals surface area contributed by atoms with Crippen LogP contribution in [0.15, 0.2) is 176 Å². The van der Waals surface area contributed by atoms with E-state index in [0.29, 0.717) is 0 Å². The Kier molecular flexibility index (Phi) is 6.40. The van der Waals surface area contributed by atoms with E-state index in [1.165, 1.54) is 69.7 Å². The molecule has 0 saturated heterocycles. The first-order valence-electron chi connectivity index (χ1n) is 15.7. The fraction of sp³-hybridized carbons (Fsp3) is 0. The first-order valence-corrected chi connectivity index (χ1v) is 16.5. The molecule has 1 heterocycles. The Balaban J connectivity index is 1.38. The second-order valence-electron chi connectivity index (χ2n) is 11.7. The number of fused-ring (bicyclic) bond motifs is 5. The molecule has 0 N–H and O–H groups in total. The van der Waals surface area contributed by atoms with Crippen molar-refractivity contribution in [3.63, 3.8) is 0 Å². The predicted octanol–water partition coefficient (Wildman–Crippen LogP) is 13.2. The van der Waals surface area contributed by atoms with Crippen LogP contribution in [0.3, 0.4) is 0 Å². The number of thiophene rings is 1. The van der Waals surface area contributed by atoms with Gasteiger partial charge in [0, 0.05) is 26.7 Å². The van der Waals surface area contributed by atoms with Crippen LogP contribution in [0.4, 0.5) is 17.1 Å². The van der Waals surface area contributed by atoms with Gasteiger partial charge in [-0.25, -0.2) is 0 Å². The Labute approximate surface area is 272 Å². The van der Waals surface area contributed by atoms with Gasteiger partial charge in [-0.2, -0.15) is 0 Å². The molecule has 0 amide bonds. The lowest BCUT2D eigenvalue weighted by Gasteiger charge is -2.29. The number of hydrogen-bond acceptors (Lipinski definition) is 2. The van der Waals surface area contributed by atoms with Crippen molar-refractivity contribution < 1.29 is 0 Å². The minimum atomic E-state index is 1.13.